The Morgan fingerprint density at radius 3 is 2.54 bits per heavy atom. The average Bonchev–Trinajstić information content (AvgIpc) is 1.98. The normalized spacial score (nSPS) is 15.5. The molecular weight excluding hydrogens is 168 g/mol. The van der Waals surface area contributed by atoms with Crippen molar-refractivity contribution in [2.24, 2.45) is 11.7 Å². The highest BCUT2D eigenvalue weighted by atomic mass is 16.3. The summed E-state index contributed by atoms with van der Waals surface area (Å²) in [6.07, 6.45) is 0.665. The Hall–Kier alpha value is -0.610. The van der Waals surface area contributed by atoms with E-state index in [4.69, 9.17) is 5.73 Å². The van der Waals surface area contributed by atoms with Crippen LogP contribution in [0.1, 0.15) is 27.2 Å². The Morgan fingerprint density at radius 1 is 1.62 bits per heavy atom. The first-order valence-corrected chi connectivity index (χ1v) is 4.56. The molecule has 0 saturated carbocycles. The van der Waals surface area contributed by atoms with Crippen molar-refractivity contribution in [3.8, 4) is 0 Å². The van der Waals surface area contributed by atoms with E-state index in [1.165, 1.54) is 0 Å². The van der Waals surface area contributed by atoms with Gasteiger partial charge in [-0.2, -0.15) is 0 Å². The molecule has 1 atom stereocenters. The first-order chi connectivity index (χ1) is 5.87. The summed E-state index contributed by atoms with van der Waals surface area (Å²) >= 11 is 0. The second-order valence-corrected chi connectivity index (χ2v) is 4.08. The zero-order valence-electron chi connectivity index (χ0n) is 8.63. The van der Waals surface area contributed by atoms with Crippen molar-refractivity contribution in [3.63, 3.8) is 0 Å². The molecule has 0 aromatic heterocycles. The van der Waals surface area contributed by atoms with Gasteiger partial charge in [-0.1, -0.05) is 13.8 Å². The topological polar surface area (TPSA) is 75.3 Å². The third kappa shape index (κ3) is 6.54. The largest absolute Gasteiger partial charge is 0.388 e. The molecular formula is C9H20N2O2. The molecule has 0 aromatic carbocycles. The number of carbonyl (C=O) groups is 1. The molecule has 1 unspecified atom stereocenters. The van der Waals surface area contributed by atoms with Crippen LogP contribution in [-0.2, 0) is 4.79 Å². The van der Waals surface area contributed by atoms with Gasteiger partial charge >= 0.3 is 0 Å². The van der Waals surface area contributed by atoms with Gasteiger partial charge in [0.1, 0.15) is 0 Å². The van der Waals surface area contributed by atoms with Gasteiger partial charge in [-0.15, -0.1) is 0 Å². The maximum absolute atomic E-state index is 10.8. The van der Waals surface area contributed by atoms with E-state index in [1.54, 1.807) is 6.92 Å². The van der Waals surface area contributed by atoms with Gasteiger partial charge in [-0.05, 0) is 19.3 Å². The summed E-state index contributed by atoms with van der Waals surface area (Å²) in [6, 6.07) is 0. The minimum Gasteiger partial charge on any atom is -0.388 e. The third-order valence-corrected chi connectivity index (χ3v) is 1.70. The van der Waals surface area contributed by atoms with Crippen LogP contribution in [0.2, 0.25) is 0 Å². The summed E-state index contributed by atoms with van der Waals surface area (Å²) in [7, 11) is 0. The van der Waals surface area contributed by atoms with Gasteiger partial charge in [-0.25, -0.2) is 0 Å². The lowest BCUT2D eigenvalue weighted by molar-refractivity contribution is -0.121. The minimum absolute atomic E-state index is 0.0300. The van der Waals surface area contributed by atoms with E-state index in [2.05, 4.69) is 5.32 Å². The van der Waals surface area contributed by atoms with E-state index < -0.39 is 5.60 Å². The first kappa shape index (κ1) is 12.4. The highest BCUT2D eigenvalue weighted by molar-refractivity contribution is 5.77. The third-order valence-electron chi connectivity index (χ3n) is 1.70. The van der Waals surface area contributed by atoms with Crippen molar-refractivity contribution in [3.05, 3.63) is 0 Å². The molecule has 4 N–H and O–H groups in total. The molecule has 0 aliphatic rings. The van der Waals surface area contributed by atoms with Gasteiger partial charge in [0.25, 0.3) is 0 Å². The fourth-order valence-electron chi connectivity index (χ4n) is 1.31. The van der Waals surface area contributed by atoms with E-state index in [-0.39, 0.29) is 19.0 Å². The van der Waals surface area contributed by atoms with Crippen LogP contribution in [0.4, 0.5) is 0 Å². The van der Waals surface area contributed by atoms with E-state index in [0.29, 0.717) is 12.3 Å². The summed E-state index contributed by atoms with van der Waals surface area (Å²) in [5, 5.41) is 12.3. The molecule has 0 aliphatic carbocycles. The monoisotopic (exact) mass is 188 g/mol. The average molecular weight is 188 g/mol. The predicted molar refractivity (Wildman–Crippen MR) is 52.1 cm³/mol. The van der Waals surface area contributed by atoms with E-state index in [0.717, 1.165) is 0 Å². The molecule has 0 fully saturated rings. The number of aliphatic hydroxyl groups is 1. The molecule has 0 heterocycles. The summed E-state index contributed by atoms with van der Waals surface area (Å²) in [5.74, 6) is 0.175. The van der Waals surface area contributed by atoms with E-state index in [1.807, 2.05) is 13.8 Å². The lowest BCUT2D eigenvalue weighted by atomic mass is 9.94. The molecule has 4 nitrogen and oxygen atoms in total. The number of nitrogens with one attached hydrogen (secondary N) is 1. The highest BCUT2D eigenvalue weighted by Crippen LogP contribution is 2.14. The van der Waals surface area contributed by atoms with Crippen LogP contribution in [0.15, 0.2) is 0 Å². The molecule has 4 heteroatoms. The van der Waals surface area contributed by atoms with Crippen LogP contribution in [0.25, 0.3) is 0 Å². The van der Waals surface area contributed by atoms with Gasteiger partial charge in [0.05, 0.1) is 12.1 Å². The van der Waals surface area contributed by atoms with Crippen LogP contribution >= 0.6 is 0 Å². The van der Waals surface area contributed by atoms with Gasteiger partial charge in [0.15, 0.2) is 0 Å². The number of carbonyl (C=O) groups excluding carboxylic acids is 1. The van der Waals surface area contributed by atoms with Crippen molar-refractivity contribution in [1.29, 1.82) is 0 Å². The van der Waals surface area contributed by atoms with Crippen LogP contribution < -0.4 is 11.1 Å². The van der Waals surface area contributed by atoms with Crippen LogP contribution in [0.3, 0.4) is 0 Å². The number of hydrogen-bond donors (Lipinski definition) is 3. The molecule has 0 radical (unpaired) electrons. The van der Waals surface area contributed by atoms with Crippen molar-refractivity contribution >= 4 is 5.91 Å². The second kappa shape index (κ2) is 5.19. The molecule has 78 valence electrons. The second-order valence-electron chi connectivity index (χ2n) is 4.08. The standard InChI is InChI=1S/C9H20N2O2/c1-7(2)4-9(3,13)6-11-8(12)5-10/h7,13H,4-6,10H2,1-3H3,(H,11,12). The predicted octanol–water partition coefficient (Wildman–Crippen LogP) is -0.142. The summed E-state index contributed by atoms with van der Waals surface area (Å²) in [5.41, 5.74) is 4.27. The number of nitrogens with two attached hydrogens (primary N) is 1. The van der Waals surface area contributed by atoms with Crippen molar-refractivity contribution in [2.45, 2.75) is 32.8 Å². The van der Waals surface area contributed by atoms with E-state index in [9.17, 15) is 9.90 Å². The van der Waals surface area contributed by atoms with Crippen LogP contribution in [0.5, 0.6) is 0 Å². The quantitative estimate of drug-likeness (QED) is 0.562. The fourth-order valence-corrected chi connectivity index (χ4v) is 1.31. The maximum atomic E-state index is 10.8. The lowest BCUT2D eigenvalue weighted by Gasteiger charge is -2.25. The highest BCUT2D eigenvalue weighted by Gasteiger charge is 2.21. The fraction of sp³-hybridized carbons (Fsp3) is 0.889. The molecule has 0 saturated heterocycles. The van der Waals surface area contributed by atoms with Crippen LogP contribution in [0, 0.1) is 5.92 Å². The number of rotatable bonds is 5. The lowest BCUT2D eigenvalue weighted by Crippen LogP contribution is -2.43. The Labute approximate surface area is 79.5 Å². The Balaban J connectivity index is 3.81. The summed E-state index contributed by atoms with van der Waals surface area (Å²) < 4.78 is 0. The Bertz CT molecular complexity index is 167. The molecule has 13 heavy (non-hydrogen) atoms. The molecule has 0 aromatic rings. The Morgan fingerprint density at radius 2 is 2.15 bits per heavy atom. The van der Waals surface area contributed by atoms with E-state index >= 15 is 0 Å². The molecule has 0 bridgehead atoms. The zero-order valence-corrected chi connectivity index (χ0v) is 8.63. The molecule has 0 rings (SSSR count). The smallest absolute Gasteiger partial charge is 0.233 e. The molecule has 0 aliphatic heterocycles. The van der Waals surface area contributed by atoms with Gasteiger partial charge in [0, 0.05) is 6.54 Å². The zero-order chi connectivity index (χ0) is 10.5. The Kier molecular flexibility index (Phi) is 4.95. The van der Waals surface area contributed by atoms with Crippen molar-refractivity contribution in [2.75, 3.05) is 13.1 Å². The SMILES string of the molecule is CC(C)CC(C)(O)CNC(=O)CN. The van der Waals surface area contributed by atoms with Gasteiger partial charge in [-0.3, -0.25) is 4.79 Å². The van der Waals surface area contributed by atoms with Gasteiger partial charge in [0.2, 0.25) is 5.91 Å². The minimum atomic E-state index is -0.834. The number of hydrogen-bond acceptors (Lipinski definition) is 3. The summed E-state index contributed by atoms with van der Waals surface area (Å²) in [6.45, 7) is 6.00. The number of amides is 1. The van der Waals surface area contributed by atoms with Crippen molar-refractivity contribution in [1.82, 2.24) is 5.32 Å². The van der Waals surface area contributed by atoms with Crippen LogP contribution in [-0.4, -0.2) is 29.7 Å². The molecule has 0 spiro atoms. The van der Waals surface area contributed by atoms with Crippen molar-refractivity contribution < 1.29 is 9.90 Å². The van der Waals surface area contributed by atoms with Gasteiger partial charge < -0.3 is 16.2 Å². The first-order valence-electron chi connectivity index (χ1n) is 4.56. The summed E-state index contributed by atoms with van der Waals surface area (Å²) in [4.78, 5) is 10.8. The molecule has 1 amide bonds. The maximum Gasteiger partial charge on any atom is 0.233 e.